The van der Waals surface area contributed by atoms with E-state index in [0.29, 0.717) is 0 Å². The number of benzene rings is 6. The summed E-state index contributed by atoms with van der Waals surface area (Å²) < 4.78 is 0. The Bertz CT molecular complexity index is 1900. The van der Waals surface area contributed by atoms with E-state index in [9.17, 15) is 0 Å². The lowest BCUT2D eigenvalue weighted by atomic mass is 9.98. The third-order valence-electron chi connectivity index (χ3n) is 8.06. The maximum Gasteiger partial charge on any atom is 0.0546 e. The van der Waals surface area contributed by atoms with Crippen LogP contribution in [0.2, 0.25) is 0 Å². The number of anilines is 4. The molecule has 198 valence electrons. The van der Waals surface area contributed by atoms with Crippen molar-refractivity contribution in [1.82, 2.24) is 0 Å². The average Bonchev–Trinajstić information content (AvgIpc) is 3.06. The second-order valence-corrected chi connectivity index (χ2v) is 10.6. The van der Waals surface area contributed by atoms with Crippen LogP contribution in [0.15, 0.2) is 157 Å². The lowest BCUT2D eigenvalue weighted by Gasteiger charge is -2.28. The molecule has 0 fully saturated rings. The highest BCUT2D eigenvalue weighted by Gasteiger charge is 2.17. The maximum atomic E-state index is 2.38. The molecule has 1 aliphatic rings. The van der Waals surface area contributed by atoms with E-state index in [2.05, 4.69) is 169 Å². The molecule has 0 saturated heterocycles. The molecule has 0 atom stereocenters. The first-order valence-electron chi connectivity index (χ1n) is 14.3. The summed E-state index contributed by atoms with van der Waals surface area (Å²) in [4.78, 5) is 4.65. The second-order valence-electron chi connectivity index (χ2n) is 10.6. The molecule has 0 amide bonds. The SMILES string of the molecule is CN(C1=CCCC=C1)c1cccc(-c2ccc(N(c3ccccc3)c3cc4ccccc4c4ccccc34)cc2)c1. The van der Waals surface area contributed by atoms with Crippen LogP contribution < -0.4 is 9.80 Å². The normalized spacial score (nSPS) is 12.9. The van der Waals surface area contributed by atoms with E-state index in [1.165, 1.54) is 49.7 Å². The van der Waals surface area contributed by atoms with Gasteiger partial charge < -0.3 is 9.80 Å². The summed E-state index contributed by atoms with van der Waals surface area (Å²) >= 11 is 0. The third kappa shape index (κ3) is 4.79. The van der Waals surface area contributed by atoms with Gasteiger partial charge in [0.25, 0.3) is 0 Å². The van der Waals surface area contributed by atoms with Gasteiger partial charge in [-0.15, -0.1) is 0 Å². The van der Waals surface area contributed by atoms with Gasteiger partial charge >= 0.3 is 0 Å². The number of allylic oxidation sites excluding steroid dienone is 3. The van der Waals surface area contributed by atoms with Crippen LogP contribution in [0.1, 0.15) is 12.8 Å². The van der Waals surface area contributed by atoms with Crippen molar-refractivity contribution in [2.75, 3.05) is 16.8 Å². The lowest BCUT2D eigenvalue weighted by Crippen LogP contribution is -2.15. The largest absolute Gasteiger partial charge is 0.345 e. The summed E-state index contributed by atoms with van der Waals surface area (Å²) in [6.07, 6.45) is 9.02. The quantitative estimate of drug-likeness (QED) is 0.198. The van der Waals surface area contributed by atoms with Crippen LogP contribution in [0.3, 0.4) is 0 Å². The summed E-state index contributed by atoms with van der Waals surface area (Å²) in [6, 6.07) is 48.2. The molecule has 0 radical (unpaired) electrons. The first kappa shape index (κ1) is 24.9. The van der Waals surface area contributed by atoms with E-state index in [1.807, 2.05) is 0 Å². The molecule has 0 unspecified atom stereocenters. The fourth-order valence-electron chi connectivity index (χ4n) is 5.92. The van der Waals surface area contributed by atoms with Crippen LogP contribution >= 0.6 is 0 Å². The fraction of sp³-hybridized carbons (Fsp3) is 0.0769. The van der Waals surface area contributed by atoms with Crippen molar-refractivity contribution in [3.8, 4) is 11.1 Å². The van der Waals surface area contributed by atoms with E-state index in [1.54, 1.807) is 0 Å². The zero-order valence-electron chi connectivity index (χ0n) is 23.2. The summed E-state index contributed by atoms with van der Waals surface area (Å²) in [5, 5.41) is 5.02. The molecule has 2 nitrogen and oxygen atoms in total. The van der Waals surface area contributed by atoms with Crippen molar-refractivity contribution in [2.45, 2.75) is 12.8 Å². The monoisotopic (exact) mass is 528 g/mol. The zero-order chi connectivity index (χ0) is 27.6. The van der Waals surface area contributed by atoms with Gasteiger partial charge in [0.15, 0.2) is 0 Å². The Hall–Kier alpha value is -5.08. The van der Waals surface area contributed by atoms with E-state index in [-0.39, 0.29) is 0 Å². The van der Waals surface area contributed by atoms with Gasteiger partial charge in [0.2, 0.25) is 0 Å². The maximum absolute atomic E-state index is 2.38. The number of nitrogens with zero attached hydrogens (tertiary/aromatic N) is 2. The van der Waals surface area contributed by atoms with Crippen LogP contribution in [0.5, 0.6) is 0 Å². The highest BCUT2D eigenvalue weighted by atomic mass is 15.1. The smallest absolute Gasteiger partial charge is 0.0546 e. The molecule has 6 aromatic rings. The highest BCUT2D eigenvalue weighted by Crippen LogP contribution is 2.42. The zero-order valence-corrected chi connectivity index (χ0v) is 23.2. The molecule has 2 heteroatoms. The van der Waals surface area contributed by atoms with Crippen LogP contribution in [0, 0.1) is 0 Å². The van der Waals surface area contributed by atoms with Crippen molar-refractivity contribution in [3.05, 3.63) is 157 Å². The van der Waals surface area contributed by atoms with Gasteiger partial charge in [-0.25, -0.2) is 0 Å². The topological polar surface area (TPSA) is 6.48 Å². The molecule has 0 saturated carbocycles. The number of hydrogen-bond donors (Lipinski definition) is 0. The summed E-state index contributed by atoms with van der Waals surface area (Å²) in [5.74, 6) is 0. The molecule has 0 heterocycles. The Kier molecular flexibility index (Phi) is 6.58. The van der Waals surface area contributed by atoms with Crippen molar-refractivity contribution in [1.29, 1.82) is 0 Å². The molecular weight excluding hydrogens is 496 g/mol. The minimum absolute atomic E-state index is 1.10. The number of likely N-dealkylation sites (N-methyl/N-ethyl adjacent to an activating group) is 1. The first-order chi connectivity index (χ1) is 20.3. The highest BCUT2D eigenvalue weighted by molar-refractivity contribution is 6.14. The van der Waals surface area contributed by atoms with Crippen molar-refractivity contribution in [3.63, 3.8) is 0 Å². The molecule has 0 spiro atoms. The van der Waals surface area contributed by atoms with Crippen LogP contribution in [0.25, 0.3) is 32.7 Å². The molecule has 0 aromatic heterocycles. The van der Waals surface area contributed by atoms with E-state index < -0.39 is 0 Å². The van der Waals surface area contributed by atoms with Gasteiger partial charge in [-0.1, -0.05) is 103 Å². The minimum Gasteiger partial charge on any atom is -0.345 e. The molecule has 6 aromatic carbocycles. The van der Waals surface area contributed by atoms with Gasteiger partial charge in [-0.3, -0.25) is 0 Å². The lowest BCUT2D eigenvalue weighted by molar-refractivity contribution is 0.984. The third-order valence-corrected chi connectivity index (χ3v) is 8.06. The summed E-state index contributed by atoms with van der Waals surface area (Å²) in [6.45, 7) is 0. The summed E-state index contributed by atoms with van der Waals surface area (Å²) in [7, 11) is 2.15. The minimum atomic E-state index is 1.10. The van der Waals surface area contributed by atoms with Crippen molar-refractivity contribution >= 4 is 44.3 Å². The number of para-hydroxylation sites is 1. The van der Waals surface area contributed by atoms with Gasteiger partial charge in [0.05, 0.1) is 5.69 Å². The Morgan fingerprint density at radius 1 is 0.512 bits per heavy atom. The van der Waals surface area contributed by atoms with E-state index in [4.69, 9.17) is 0 Å². The van der Waals surface area contributed by atoms with Crippen LogP contribution in [-0.4, -0.2) is 7.05 Å². The summed E-state index contributed by atoms with van der Waals surface area (Å²) in [5.41, 5.74) is 8.31. The van der Waals surface area contributed by atoms with Gasteiger partial charge in [0, 0.05) is 35.2 Å². The Labute approximate surface area is 242 Å². The van der Waals surface area contributed by atoms with Crippen molar-refractivity contribution < 1.29 is 0 Å². The van der Waals surface area contributed by atoms with E-state index in [0.717, 1.165) is 24.2 Å². The Morgan fingerprint density at radius 2 is 1.20 bits per heavy atom. The van der Waals surface area contributed by atoms with Gasteiger partial charge in [0.1, 0.15) is 0 Å². The molecule has 0 aliphatic heterocycles. The first-order valence-corrected chi connectivity index (χ1v) is 14.3. The molecular formula is C39H32N2. The number of rotatable bonds is 6. The molecule has 1 aliphatic carbocycles. The van der Waals surface area contributed by atoms with E-state index >= 15 is 0 Å². The second kappa shape index (κ2) is 10.8. The Balaban J connectivity index is 1.31. The van der Waals surface area contributed by atoms with Crippen LogP contribution in [-0.2, 0) is 0 Å². The molecule has 7 rings (SSSR count). The van der Waals surface area contributed by atoms with Gasteiger partial charge in [-0.2, -0.15) is 0 Å². The Morgan fingerprint density at radius 3 is 1.98 bits per heavy atom. The standard InChI is InChI=1S/C39H32N2/c1-40(32-15-4-2-5-16-32)35-19-12-14-30(27-35)29-23-25-34(26-24-29)41(33-17-6-3-7-18-33)39-28-31-13-8-9-20-36(31)37-21-10-11-22-38(37)39/h3-4,6-28H,2,5H2,1H3. The van der Waals surface area contributed by atoms with Crippen molar-refractivity contribution in [2.24, 2.45) is 0 Å². The van der Waals surface area contributed by atoms with Crippen LogP contribution in [0.4, 0.5) is 22.7 Å². The predicted molar refractivity (Wildman–Crippen MR) is 176 cm³/mol. The average molecular weight is 529 g/mol. The molecule has 0 N–H and O–H groups in total. The number of fused-ring (bicyclic) bond motifs is 3. The molecule has 0 bridgehead atoms. The number of hydrogen-bond acceptors (Lipinski definition) is 2. The predicted octanol–water partition coefficient (Wildman–Crippen LogP) is 10.8. The fourth-order valence-corrected chi connectivity index (χ4v) is 5.92. The van der Waals surface area contributed by atoms with Gasteiger partial charge in [-0.05, 0) is 88.7 Å². The molecule has 41 heavy (non-hydrogen) atoms.